The van der Waals surface area contributed by atoms with E-state index in [-0.39, 0.29) is 0 Å². The van der Waals surface area contributed by atoms with Crippen LogP contribution in [0.5, 0.6) is 0 Å². The second kappa shape index (κ2) is 13.4. The molecule has 8 aromatic carbocycles. The molecular formula is C51H39N3S. The quantitative estimate of drug-likeness (QED) is 0.171. The van der Waals surface area contributed by atoms with Gasteiger partial charge < -0.3 is 15.5 Å². The van der Waals surface area contributed by atoms with E-state index in [9.17, 15) is 0 Å². The largest absolute Gasteiger partial charge is 0.386 e. The second-order valence-corrected chi connectivity index (χ2v) is 15.3. The van der Waals surface area contributed by atoms with E-state index >= 15 is 0 Å². The highest BCUT2D eigenvalue weighted by atomic mass is 32.2. The Labute approximate surface area is 327 Å². The lowest BCUT2D eigenvalue weighted by atomic mass is 9.61. The van der Waals surface area contributed by atoms with Crippen molar-refractivity contribution in [3.63, 3.8) is 0 Å². The fourth-order valence-electron chi connectivity index (χ4n) is 8.85. The molecule has 264 valence electrons. The molecule has 10 rings (SSSR count). The summed E-state index contributed by atoms with van der Waals surface area (Å²) in [6, 6.07) is 68.7. The van der Waals surface area contributed by atoms with E-state index in [0.717, 1.165) is 22.6 Å². The van der Waals surface area contributed by atoms with Gasteiger partial charge in [0, 0.05) is 33.7 Å². The van der Waals surface area contributed by atoms with Crippen LogP contribution in [0.2, 0.25) is 0 Å². The molecule has 0 saturated heterocycles. The van der Waals surface area contributed by atoms with Crippen LogP contribution >= 0.6 is 11.8 Å². The second-order valence-electron chi connectivity index (χ2n) is 14.2. The average Bonchev–Trinajstić information content (AvgIpc) is 3.25. The summed E-state index contributed by atoms with van der Waals surface area (Å²) in [6.45, 7) is 2.26. The Morgan fingerprint density at radius 3 is 1.91 bits per heavy atom. The Kier molecular flexibility index (Phi) is 8.08. The Morgan fingerprint density at radius 2 is 1.13 bits per heavy atom. The minimum Gasteiger partial charge on any atom is -0.386 e. The van der Waals surface area contributed by atoms with Crippen molar-refractivity contribution in [1.82, 2.24) is 0 Å². The minimum atomic E-state index is -0.528. The van der Waals surface area contributed by atoms with Gasteiger partial charge in [0.15, 0.2) is 0 Å². The number of benzene rings is 8. The van der Waals surface area contributed by atoms with Gasteiger partial charge in [-0.25, -0.2) is 0 Å². The Bertz CT molecular complexity index is 2720. The summed E-state index contributed by atoms with van der Waals surface area (Å²) in [7, 11) is 1.97. The molecule has 3 nitrogen and oxygen atoms in total. The van der Waals surface area contributed by atoms with Crippen molar-refractivity contribution in [2.45, 2.75) is 22.1 Å². The number of fused-ring (bicyclic) bond motifs is 4. The van der Waals surface area contributed by atoms with E-state index in [1.54, 1.807) is 0 Å². The van der Waals surface area contributed by atoms with Crippen LogP contribution in [-0.4, -0.2) is 7.05 Å². The normalized spacial score (nSPS) is 15.1. The number of nitrogens with zero attached hydrogens (tertiary/aromatic N) is 1. The number of aryl methyl sites for hydroxylation is 1. The molecule has 0 amide bonds. The number of hydrogen-bond donors (Lipinski definition) is 2. The van der Waals surface area contributed by atoms with Crippen molar-refractivity contribution < 1.29 is 0 Å². The van der Waals surface area contributed by atoms with Crippen LogP contribution < -0.4 is 15.5 Å². The molecule has 0 fully saturated rings. The molecule has 2 heterocycles. The van der Waals surface area contributed by atoms with Gasteiger partial charge in [-0.05, 0) is 88.3 Å². The summed E-state index contributed by atoms with van der Waals surface area (Å²) < 4.78 is 0. The standard InChI is InChI=1S/C51H39N3S/c1-34-18-9-11-24-40(34)51(37-21-7-4-8-22-37)41-25-12-16-30-46(41)54-47-33-36(35-19-5-3-6-20-35)32-39(50(47)55-48-31-17-26-42(51)49(48)54)38-23-10-13-27-43(38)53-45-29-15-14-28-44(45)52-2/h3-33,52-53H,1-2H3. The Morgan fingerprint density at radius 1 is 0.491 bits per heavy atom. The van der Waals surface area contributed by atoms with E-state index in [1.165, 1.54) is 71.4 Å². The molecule has 1 atom stereocenters. The number of rotatable bonds is 7. The summed E-state index contributed by atoms with van der Waals surface area (Å²) >= 11 is 1.89. The van der Waals surface area contributed by atoms with Crippen LogP contribution in [0.1, 0.15) is 27.8 Å². The van der Waals surface area contributed by atoms with Gasteiger partial charge in [-0.15, -0.1) is 0 Å². The van der Waals surface area contributed by atoms with E-state index in [1.807, 2.05) is 18.8 Å². The highest BCUT2D eigenvalue weighted by Gasteiger charge is 2.49. The van der Waals surface area contributed by atoms with Crippen LogP contribution in [0, 0.1) is 6.92 Å². The average molecular weight is 726 g/mol. The lowest BCUT2D eigenvalue weighted by molar-refractivity contribution is 0.720. The van der Waals surface area contributed by atoms with Gasteiger partial charge in [-0.1, -0.05) is 157 Å². The summed E-state index contributed by atoms with van der Waals surface area (Å²) in [5.74, 6) is 0. The Balaban J connectivity index is 1.27. The topological polar surface area (TPSA) is 27.3 Å². The SMILES string of the molecule is CNc1ccccc1Nc1ccccc1-c1cc(-c2ccccc2)cc2c1Sc1cccc3c1N2c1ccccc1C3(c1ccccc1)c1ccccc1C. The zero-order valence-corrected chi connectivity index (χ0v) is 31.6. The smallest absolute Gasteiger partial charge is 0.0745 e. The van der Waals surface area contributed by atoms with Crippen molar-refractivity contribution >= 4 is 45.9 Å². The predicted octanol–water partition coefficient (Wildman–Crippen LogP) is 13.7. The third-order valence-electron chi connectivity index (χ3n) is 11.2. The molecule has 4 heteroatoms. The van der Waals surface area contributed by atoms with Crippen LogP contribution in [0.3, 0.4) is 0 Å². The van der Waals surface area contributed by atoms with E-state index in [4.69, 9.17) is 0 Å². The van der Waals surface area contributed by atoms with Gasteiger partial charge in [0.1, 0.15) is 0 Å². The van der Waals surface area contributed by atoms with Crippen LogP contribution in [-0.2, 0) is 5.41 Å². The van der Waals surface area contributed by atoms with Gasteiger partial charge in [0.2, 0.25) is 0 Å². The fourth-order valence-corrected chi connectivity index (χ4v) is 10.1. The zero-order valence-electron chi connectivity index (χ0n) is 30.8. The number of hydrogen-bond acceptors (Lipinski definition) is 4. The Hall–Kier alpha value is -6.49. The van der Waals surface area contributed by atoms with Crippen molar-refractivity contribution in [3.05, 3.63) is 216 Å². The van der Waals surface area contributed by atoms with Gasteiger partial charge >= 0.3 is 0 Å². The van der Waals surface area contributed by atoms with Crippen molar-refractivity contribution in [3.8, 4) is 22.3 Å². The number of anilines is 6. The van der Waals surface area contributed by atoms with E-state index in [2.05, 4.69) is 211 Å². The molecule has 0 spiro atoms. The molecule has 0 aromatic heterocycles. The van der Waals surface area contributed by atoms with Crippen LogP contribution in [0.25, 0.3) is 22.3 Å². The maximum atomic E-state index is 3.80. The van der Waals surface area contributed by atoms with Gasteiger partial charge in [-0.2, -0.15) is 0 Å². The number of nitrogens with one attached hydrogen (secondary N) is 2. The lowest BCUT2D eigenvalue weighted by Crippen LogP contribution is -2.39. The first-order valence-corrected chi connectivity index (χ1v) is 19.7. The first kappa shape index (κ1) is 33.1. The molecule has 0 saturated carbocycles. The molecule has 0 aliphatic carbocycles. The maximum Gasteiger partial charge on any atom is 0.0745 e. The van der Waals surface area contributed by atoms with Crippen LogP contribution in [0.4, 0.5) is 34.1 Å². The first-order chi connectivity index (χ1) is 27.2. The summed E-state index contributed by atoms with van der Waals surface area (Å²) in [5, 5.41) is 7.17. The molecule has 2 aliphatic rings. The molecule has 2 N–H and O–H groups in total. The molecular weight excluding hydrogens is 687 g/mol. The monoisotopic (exact) mass is 725 g/mol. The molecule has 0 radical (unpaired) electrons. The van der Waals surface area contributed by atoms with Crippen molar-refractivity contribution in [1.29, 1.82) is 0 Å². The van der Waals surface area contributed by atoms with Gasteiger partial charge in [-0.3, -0.25) is 0 Å². The zero-order chi connectivity index (χ0) is 36.9. The van der Waals surface area contributed by atoms with E-state index in [0.29, 0.717) is 0 Å². The fraction of sp³-hybridized carbons (Fsp3) is 0.0588. The molecule has 8 aromatic rings. The molecule has 2 aliphatic heterocycles. The van der Waals surface area contributed by atoms with Crippen molar-refractivity contribution in [2.75, 3.05) is 22.6 Å². The van der Waals surface area contributed by atoms with Gasteiger partial charge in [0.05, 0.1) is 33.9 Å². The molecule has 55 heavy (non-hydrogen) atoms. The van der Waals surface area contributed by atoms with Crippen LogP contribution in [0.15, 0.2) is 198 Å². The third kappa shape index (κ3) is 5.20. The third-order valence-corrected chi connectivity index (χ3v) is 12.4. The molecule has 0 bridgehead atoms. The minimum absolute atomic E-state index is 0.528. The lowest BCUT2D eigenvalue weighted by Gasteiger charge is -2.49. The van der Waals surface area contributed by atoms with Gasteiger partial charge in [0.25, 0.3) is 0 Å². The summed E-state index contributed by atoms with van der Waals surface area (Å²) in [4.78, 5) is 5.04. The van der Waals surface area contributed by atoms with Crippen molar-refractivity contribution in [2.24, 2.45) is 0 Å². The number of para-hydroxylation sites is 5. The highest BCUT2D eigenvalue weighted by Crippen LogP contribution is 2.65. The van der Waals surface area contributed by atoms with E-state index < -0.39 is 5.41 Å². The highest BCUT2D eigenvalue weighted by molar-refractivity contribution is 8.00. The maximum absolute atomic E-state index is 3.80. The summed E-state index contributed by atoms with van der Waals surface area (Å²) in [5.41, 5.74) is 17.4. The first-order valence-electron chi connectivity index (χ1n) is 18.9. The summed E-state index contributed by atoms with van der Waals surface area (Å²) in [6.07, 6.45) is 0. The predicted molar refractivity (Wildman–Crippen MR) is 232 cm³/mol. The molecule has 1 unspecified atom stereocenters.